The summed E-state index contributed by atoms with van der Waals surface area (Å²) in [6.45, 7) is 1.60. The van der Waals surface area contributed by atoms with Gasteiger partial charge in [0.25, 0.3) is 0 Å². The molecule has 0 aliphatic rings. The highest BCUT2D eigenvalue weighted by Crippen LogP contribution is 2.26. The molecular weight excluding hydrogens is 293 g/mol. The lowest BCUT2D eigenvalue weighted by molar-refractivity contribution is -0.133. The molecule has 0 bridgehead atoms. The predicted octanol–water partition coefficient (Wildman–Crippen LogP) is 2.77. The van der Waals surface area contributed by atoms with Crippen molar-refractivity contribution in [3.63, 3.8) is 0 Å². The number of hydrogen-bond acceptors (Lipinski definition) is 3. The first kappa shape index (κ1) is 14.4. The molecule has 0 spiro atoms. The monoisotopic (exact) mass is 302 g/mol. The van der Waals surface area contributed by atoms with Gasteiger partial charge < -0.3 is 5.11 Å². The SMILES string of the molecule is Cc1cnc(SCC(=O)O)n1-c1ccc(F)c(F)c1F. The van der Waals surface area contributed by atoms with Gasteiger partial charge >= 0.3 is 5.97 Å². The van der Waals surface area contributed by atoms with Gasteiger partial charge in [0.2, 0.25) is 0 Å². The number of rotatable bonds is 4. The quantitative estimate of drug-likeness (QED) is 0.697. The molecule has 0 aliphatic carbocycles. The molecule has 1 aromatic heterocycles. The van der Waals surface area contributed by atoms with E-state index in [1.807, 2.05) is 0 Å². The molecule has 2 aromatic rings. The Morgan fingerprint density at radius 3 is 2.70 bits per heavy atom. The molecule has 0 aliphatic heterocycles. The van der Waals surface area contributed by atoms with Crippen LogP contribution in [0.4, 0.5) is 13.2 Å². The molecule has 20 heavy (non-hydrogen) atoms. The molecule has 0 saturated heterocycles. The van der Waals surface area contributed by atoms with E-state index in [9.17, 15) is 18.0 Å². The van der Waals surface area contributed by atoms with E-state index in [1.54, 1.807) is 6.92 Å². The van der Waals surface area contributed by atoms with Crippen LogP contribution in [0.5, 0.6) is 0 Å². The molecule has 1 N–H and O–H groups in total. The second-order valence-corrected chi connectivity index (χ2v) is 4.84. The zero-order chi connectivity index (χ0) is 14.9. The van der Waals surface area contributed by atoms with Crippen molar-refractivity contribution in [3.05, 3.63) is 41.5 Å². The van der Waals surface area contributed by atoms with Crippen LogP contribution in [-0.4, -0.2) is 26.4 Å². The van der Waals surface area contributed by atoms with Crippen LogP contribution in [0.2, 0.25) is 0 Å². The third kappa shape index (κ3) is 2.64. The Bertz CT molecular complexity index is 673. The van der Waals surface area contributed by atoms with Gasteiger partial charge in [0.15, 0.2) is 22.6 Å². The van der Waals surface area contributed by atoms with Crippen LogP contribution < -0.4 is 0 Å². The highest BCUT2D eigenvalue weighted by Gasteiger charge is 2.19. The molecule has 0 unspecified atom stereocenters. The van der Waals surface area contributed by atoms with Gasteiger partial charge in [-0.2, -0.15) is 0 Å². The maximum absolute atomic E-state index is 13.8. The van der Waals surface area contributed by atoms with Crippen molar-refractivity contribution in [3.8, 4) is 5.69 Å². The van der Waals surface area contributed by atoms with Gasteiger partial charge in [0, 0.05) is 11.9 Å². The van der Waals surface area contributed by atoms with E-state index >= 15 is 0 Å². The summed E-state index contributed by atoms with van der Waals surface area (Å²) in [4.78, 5) is 14.5. The summed E-state index contributed by atoms with van der Waals surface area (Å²) in [7, 11) is 0. The average Bonchev–Trinajstić information content (AvgIpc) is 2.75. The topological polar surface area (TPSA) is 55.1 Å². The Balaban J connectivity index is 2.50. The molecule has 106 valence electrons. The summed E-state index contributed by atoms with van der Waals surface area (Å²) in [6.07, 6.45) is 1.39. The van der Waals surface area contributed by atoms with E-state index in [2.05, 4.69) is 4.98 Å². The number of nitrogens with zero attached hydrogens (tertiary/aromatic N) is 2. The van der Waals surface area contributed by atoms with Crippen LogP contribution in [0.3, 0.4) is 0 Å². The van der Waals surface area contributed by atoms with Crippen LogP contribution >= 0.6 is 11.8 Å². The van der Waals surface area contributed by atoms with Crippen molar-refractivity contribution < 1.29 is 23.1 Å². The number of imidazole rings is 1. The highest BCUT2D eigenvalue weighted by atomic mass is 32.2. The standard InChI is InChI=1S/C12H9F3N2O2S/c1-6-4-16-12(20-5-9(18)19)17(6)8-3-2-7(13)10(14)11(8)15/h2-4H,5H2,1H3,(H,18,19). The smallest absolute Gasteiger partial charge is 0.313 e. The van der Waals surface area contributed by atoms with Gasteiger partial charge in [0.05, 0.1) is 11.4 Å². The van der Waals surface area contributed by atoms with Crippen molar-refractivity contribution in [1.82, 2.24) is 9.55 Å². The Kier molecular flexibility index (Phi) is 4.03. The molecule has 8 heteroatoms. The van der Waals surface area contributed by atoms with Gasteiger partial charge in [-0.3, -0.25) is 9.36 Å². The zero-order valence-corrected chi connectivity index (χ0v) is 11.0. The number of hydrogen-bond donors (Lipinski definition) is 1. The molecule has 4 nitrogen and oxygen atoms in total. The van der Waals surface area contributed by atoms with E-state index in [1.165, 1.54) is 10.8 Å². The predicted molar refractivity (Wildman–Crippen MR) is 66.5 cm³/mol. The van der Waals surface area contributed by atoms with Crippen molar-refractivity contribution in [2.45, 2.75) is 12.1 Å². The summed E-state index contributed by atoms with van der Waals surface area (Å²) >= 11 is 0.859. The van der Waals surface area contributed by atoms with E-state index in [0.717, 1.165) is 23.9 Å². The molecule has 0 radical (unpaired) electrons. The fourth-order valence-electron chi connectivity index (χ4n) is 1.62. The van der Waals surface area contributed by atoms with E-state index < -0.39 is 23.4 Å². The van der Waals surface area contributed by atoms with Gasteiger partial charge in [0.1, 0.15) is 0 Å². The number of carboxylic acid groups (broad SMARTS) is 1. The average molecular weight is 302 g/mol. The summed E-state index contributed by atoms with van der Waals surface area (Å²) in [5, 5.41) is 8.83. The molecular formula is C12H9F3N2O2S. The Hall–Kier alpha value is -1.96. The first-order valence-electron chi connectivity index (χ1n) is 5.44. The summed E-state index contributed by atoms with van der Waals surface area (Å²) in [5.41, 5.74) is 0.259. The van der Waals surface area contributed by atoms with Crippen LogP contribution in [0.15, 0.2) is 23.5 Å². The number of aryl methyl sites for hydroxylation is 1. The van der Waals surface area contributed by atoms with E-state index in [0.29, 0.717) is 5.69 Å². The van der Waals surface area contributed by atoms with Crippen LogP contribution in [0.1, 0.15) is 5.69 Å². The van der Waals surface area contributed by atoms with Gasteiger partial charge in [-0.15, -0.1) is 0 Å². The summed E-state index contributed by atoms with van der Waals surface area (Å²) < 4.78 is 41.2. The largest absolute Gasteiger partial charge is 0.481 e. The number of aromatic nitrogens is 2. The minimum absolute atomic E-state index is 0.190. The maximum atomic E-state index is 13.8. The lowest BCUT2D eigenvalue weighted by Crippen LogP contribution is -2.06. The van der Waals surface area contributed by atoms with E-state index in [4.69, 9.17) is 5.11 Å². The van der Waals surface area contributed by atoms with E-state index in [-0.39, 0.29) is 16.6 Å². The highest BCUT2D eigenvalue weighted by molar-refractivity contribution is 7.99. The first-order chi connectivity index (χ1) is 9.41. The third-order valence-corrected chi connectivity index (χ3v) is 3.42. The Morgan fingerprint density at radius 1 is 1.35 bits per heavy atom. The number of aliphatic carboxylic acids is 1. The summed E-state index contributed by atoms with van der Waals surface area (Å²) in [6, 6.07) is 1.88. The molecule has 1 heterocycles. The minimum Gasteiger partial charge on any atom is -0.481 e. The lowest BCUT2D eigenvalue weighted by Gasteiger charge is -2.11. The number of thioether (sulfide) groups is 1. The minimum atomic E-state index is -1.58. The first-order valence-corrected chi connectivity index (χ1v) is 6.43. The second-order valence-electron chi connectivity index (χ2n) is 3.89. The molecule has 0 fully saturated rings. The van der Waals surface area contributed by atoms with Crippen molar-refractivity contribution in [2.24, 2.45) is 0 Å². The van der Waals surface area contributed by atoms with Crippen molar-refractivity contribution in [1.29, 1.82) is 0 Å². The fourth-order valence-corrected chi connectivity index (χ4v) is 2.38. The van der Waals surface area contributed by atoms with Gasteiger partial charge in [-0.1, -0.05) is 11.8 Å². The number of carbonyl (C=O) groups is 1. The maximum Gasteiger partial charge on any atom is 0.313 e. The summed E-state index contributed by atoms with van der Waals surface area (Å²) in [5.74, 6) is -5.55. The van der Waals surface area contributed by atoms with Crippen LogP contribution in [0.25, 0.3) is 5.69 Å². The van der Waals surface area contributed by atoms with Gasteiger partial charge in [-0.05, 0) is 19.1 Å². The number of carboxylic acids is 1. The normalized spacial score (nSPS) is 10.8. The Morgan fingerprint density at radius 2 is 2.05 bits per heavy atom. The number of halogens is 3. The number of benzene rings is 1. The zero-order valence-electron chi connectivity index (χ0n) is 10.2. The molecule has 2 rings (SSSR count). The van der Waals surface area contributed by atoms with Crippen LogP contribution in [0, 0.1) is 24.4 Å². The molecule has 0 amide bonds. The lowest BCUT2D eigenvalue weighted by atomic mass is 10.2. The van der Waals surface area contributed by atoms with Crippen LogP contribution in [-0.2, 0) is 4.79 Å². The Labute approximate surface area is 116 Å². The van der Waals surface area contributed by atoms with Gasteiger partial charge in [-0.25, -0.2) is 18.2 Å². The molecule has 0 saturated carbocycles. The van der Waals surface area contributed by atoms with Crippen molar-refractivity contribution in [2.75, 3.05) is 5.75 Å². The third-order valence-electron chi connectivity index (χ3n) is 2.49. The molecule has 0 atom stereocenters. The fraction of sp³-hybridized carbons (Fsp3) is 0.167. The van der Waals surface area contributed by atoms with Crippen molar-refractivity contribution >= 4 is 17.7 Å². The molecule has 1 aromatic carbocycles. The second kappa shape index (κ2) is 5.58.